The molecule has 4 rings (SSSR count). The van der Waals surface area contributed by atoms with Crippen LogP contribution >= 0.6 is 22.9 Å². The number of hydrogen-bond donors (Lipinski definition) is 0. The number of aromatic nitrogens is 2. The van der Waals surface area contributed by atoms with E-state index >= 15 is 0 Å². The number of thiophene rings is 1. The molecule has 6 nitrogen and oxygen atoms in total. The van der Waals surface area contributed by atoms with Crippen molar-refractivity contribution >= 4 is 33.0 Å². The lowest BCUT2D eigenvalue weighted by Gasteiger charge is -2.14. The standard InChI is InChI=1S/C16H14ClN3O3S2/c17-13-6-7-14(24-13)25(21,22)20-9-8-12(10-20)15-18-16(23-19-15)11-4-2-1-3-5-11/h1-7,12H,8-10H2/t12-/m0/s1. The lowest BCUT2D eigenvalue weighted by atomic mass is 10.1. The molecule has 130 valence electrons. The van der Waals surface area contributed by atoms with Gasteiger partial charge in [0.25, 0.3) is 15.9 Å². The molecular formula is C16H14ClN3O3S2. The fourth-order valence-electron chi connectivity index (χ4n) is 2.82. The largest absolute Gasteiger partial charge is 0.334 e. The molecule has 3 heterocycles. The predicted molar refractivity (Wildman–Crippen MR) is 95.2 cm³/mol. The summed E-state index contributed by atoms with van der Waals surface area (Å²) < 4.78 is 32.8. The number of hydrogen-bond acceptors (Lipinski definition) is 6. The van der Waals surface area contributed by atoms with Gasteiger partial charge in [-0.2, -0.15) is 9.29 Å². The Morgan fingerprint density at radius 2 is 2.00 bits per heavy atom. The average Bonchev–Trinajstić information content (AvgIpc) is 3.35. The van der Waals surface area contributed by atoms with E-state index in [-0.39, 0.29) is 10.1 Å². The molecule has 0 spiro atoms. The zero-order chi connectivity index (χ0) is 17.4. The number of halogens is 1. The fraction of sp³-hybridized carbons (Fsp3) is 0.250. The fourth-order valence-corrected chi connectivity index (χ4v) is 5.96. The molecule has 1 saturated heterocycles. The van der Waals surface area contributed by atoms with E-state index in [1.54, 1.807) is 6.07 Å². The Hall–Kier alpha value is -1.74. The lowest BCUT2D eigenvalue weighted by Crippen LogP contribution is -2.28. The van der Waals surface area contributed by atoms with Crippen LogP contribution in [0.3, 0.4) is 0 Å². The molecule has 2 aromatic heterocycles. The third-order valence-electron chi connectivity index (χ3n) is 4.12. The van der Waals surface area contributed by atoms with Crippen LogP contribution in [0.4, 0.5) is 0 Å². The third-order valence-corrected chi connectivity index (χ3v) is 7.69. The normalized spacial score (nSPS) is 18.7. The first kappa shape index (κ1) is 16.7. The Morgan fingerprint density at radius 3 is 2.72 bits per heavy atom. The Bertz CT molecular complexity index is 985. The molecule has 0 N–H and O–H groups in total. The molecule has 1 atom stereocenters. The van der Waals surface area contributed by atoms with Crippen molar-refractivity contribution in [1.82, 2.24) is 14.4 Å². The van der Waals surface area contributed by atoms with Crippen molar-refractivity contribution in [3.63, 3.8) is 0 Å². The van der Waals surface area contributed by atoms with Gasteiger partial charge in [0.2, 0.25) is 0 Å². The lowest BCUT2D eigenvalue weighted by molar-refractivity contribution is 0.414. The summed E-state index contributed by atoms with van der Waals surface area (Å²) in [7, 11) is -3.52. The minimum Gasteiger partial charge on any atom is -0.334 e. The van der Waals surface area contributed by atoms with E-state index < -0.39 is 10.0 Å². The van der Waals surface area contributed by atoms with Gasteiger partial charge in [-0.1, -0.05) is 35.0 Å². The van der Waals surface area contributed by atoms with Crippen molar-refractivity contribution < 1.29 is 12.9 Å². The van der Waals surface area contributed by atoms with E-state index in [2.05, 4.69) is 10.1 Å². The van der Waals surface area contributed by atoms with Crippen LogP contribution in [-0.2, 0) is 10.0 Å². The van der Waals surface area contributed by atoms with Gasteiger partial charge in [0.1, 0.15) is 4.21 Å². The zero-order valence-corrected chi connectivity index (χ0v) is 15.4. The van der Waals surface area contributed by atoms with Crippen molar-refractivity contribution in [2.75, 3.05) is 13.1 Å². The van der Waals surface area contributed by atoms with Gasteiger partial charge in [-0.3, -0.25) is 0 Å². The van der Waals surface area contributed by atoms with Gasteiger partial charge in [0.15, 0.2) is 5.82 Å². The highest BCUT2D eigenvalue weighted by Crippen LogP contribution is 2.34. The molecule has 0 bridgehead atoms. The number of benzene rings is 1. The van der Waals surface area contributed by atoms with Gasteiger partial charge in [-0.15, -0.1) is 11.3 Å². The molecule has 0 radical (unpaired) electrons. The Balaban J connectivity index is 1.52. The second-order valence-electron chi connectivity index (χ2n) is 5.73. The van der Waals surface area contributed by atoms with Crippen molar-refractivity contribution in [1.29, 1.82) is 0 Å². The first-order valence-corrected chi connectivity index (χ1v) is 10.3. The second-order valence-corrected chi connectivity index (χ2v) is 9.61. The third kappa shape index (κ3) is 3.22. The van der Waals surface area contributed by atoms with Gasteiger partial charge >= 0.3 is 0 Å². The molecule has 0 unspecified atom stereocenters. The number of sulfonamides is 1. The average molecular weight is 396 g/mol. The molecule has 0 amide bonds. The molecule has 0 saturated carbocycles. The van der Waals surface area contributed by atoms with Crippen LogP contribution in [0.5, 0.6) is 0 Å². The minimum atomic E-state index is -3.52. The van der Waals surface area contributed by atoms with E-state index in [4.69, 9.17) is 16.1 Å². The highest BCUT2D eigenvalue weighted by molar-refractivity contribution is 7.91. The summed E-state index contributed by atoms with van der Waals surface area (Å²) in [5.74, 6) is 0.911. The monoisotopic (exact) mass is 395 g/mol. The van der Waals surface area contributed by atoms with E-state index in [0.29, 0.717) is 35.6 Å². The Kier molecular flexibility index (Phi) is 4.36. The van der Waals surface area contributed by atoms with E-state index in [9.17, 15) is 8.42 Å². The first-order valence-electron chi connectivity index (χ1n) is 7.68. The molecule has 1 aliphatic rings. The van der Waals surface area contributed by atoms with Gasteiger partial charge in [-0.05, 0) is 30.7 Å². The molecule has 3 aromatic rings. The van der Waals surface area contributed by atoms with Crippen LogP contribution in [0, 0.1) is 0 Å². The predicted octanol–water partition coefficient (Wildman–Crippen LogP) is 3.63. The van der Waals surface area contributed by atoms with Crippen molar-refractivity contribution in [3.8, 4) is 11.5 Å². The van der Waals surface area contributed by atoms with Crippen molar-refractivity contribution in [3.05, 3.63) is 52.6 Å². The summed E-state index contributed by atoms with van der Waals surface area (Å²) >= 11 is 6.93. The van der Waals surface area contributed by atoms with Crippen LogP contribution in [0.1, 0.15) is 18.2 Å². The van der Waals surface area contributed by atoms with Crippen molar-refractivity contribution in [2.45, 2.75) is 16.5 Å². The zero-order valence-electron chi connectivity index (χ0n) is 13.0. The maximum absolute atomic E-state index is 12.7. The molecule has 1 aliphatic heterocycles. The summed E-state index contributed by atoms with van der Waals surface area (Å²) in [6.45, 7) is 0.767. The minimum absolute atomic E-state index is 0.0774. The van der Waals surface area contributed by atoms with E-state index in [0.717, 1.165) is 16.9 Å². The Morgan fingerprint density at radius 1 is 1.20 bits per heavy atom. The molecule has 25 heavy (non-hydrogen) atoms. The summed E-state index contributed by atoms with van der Waals surface area (Å²) in [6.07, 6.45) is 0.659. The van der Waals surface area contributed by atoms with Crippen molar-refractivity contribution in [2.24, 2.45) is 0 Å². The van der Waals surface area contributed by atoms with Crippen LogP contribution in [-0.4, -0.2) is 36.0 Å². The molecule has 1 fully saturated rings. The smallest absolute Gasteiger partial charge is 0.257 e. The topological polar surface area (TPSA) is 76.3 Å². The maximum Gasteiger partial charge on any atom is 0.257 e. The summed E-state index contributed by atoms with van der Waals surface area (Å²) in [5.41, 5.74) is 0.844. The highest BCUT2D eigenvalue weighted by atomic mass is 35.5. The van der Waals surface area contributed by atoms with Crippen LogP contribution in [0.2, 0.25) is 4.34 Å². The molecular weight excluding hydrogens is 382 g/mol. The highest BCUT2D eigenvalue weighted by Gasteiger charge is 2.36. The van der Waals surface area contributed by atoms with E-state index in [1.807, 2.05) is 30.3 Å². The number of rotatable bonds is 4. The number of nitrogens with zero attached hydrogens (tertiary/aromatic N) is 3. The van der Waals surface area contributed by atoms with Gasteiger partial charge in [-0.25, -0.2) is 8.42 Å². The second kappa shape index (κ2) is 6.53. The SMILES string of the molecule is O=S(=O)(c1ccc(Cl)s1)N1CC[C@H](c2noc(-c3ccccc3)n2)C1. The quantitative estimate of drug-likeness (QED) is 0.674. The van der Waals surface area contributed by atoms with Crippen LogP contribution in [0.25, 0.3) is 11.5 Å². The van der Waals surface area contributed by atoms with Gasteiger partial charge in [0, 0.05) is 24.6 Å². The Labute approximate surface area is 154 Å². The van der Waals surface area contributed by atoms with E-state index in [1.165, 1.54) is 10.4 Å². The summed E-state index contributed by atoms with van der Waals surface area (Å²) in [6, 6.07) is 12.6. The van der Waals surface area contributed by atoms with Gasteiger partial charge < -0.3 is 4.52 Å². The van der Waals surface area contributed by atoms with Crippen LogP contribution < -0.4 is 0 Å². The molecule has 9 heteroatoms. The summed E-state index contributed by atoms with van der Waals surface area (Å²) in [4.78, 5) is 4.44. The van der Waals surface area contributed by atoms with Crippen LogP contribution in [0.15, 0.2) is 51.2 Å². The van der Waals surface area contributed by atoms with Gasteiger partial charge in [0.05, 0.1) is 4.34 Å². The summed E-state index contributed by atoms with van der Waals surface area (Å²) in [5, 5.41) is 4.04. The molecule has 1 aromatic carbocycles. The first-order chi connectivity index (χ1) is 12.0. The maximum atomic E-state index is 12.7. The molecule has 0 aliphatic carbocycles.